The second-order valence-corrected chi connectivity index (χ2v) is 6.06. The van der Waals surface area contributed by atoms with Gasteiger partial charge in [-0.15, -0.1) is 0 Å². The Morgan fingerprint density at radius 3 is 2.53 bits per heavy atom. The van der Waals surface area contributed by atoms with E-state index >= 15 is 0 Å². The molecule has 15 heavy (non-hydrogen) atoms. The van der Waals surface area contributed by atoms with Crippen molar-refractivity contribution in [1.82, 2.24) is 14.1 Å². The Balaban J connectivity index is 2.23. The third-order valence-corrected chi connectivity index (χ3v) is 4.10. The maximum Gasteiger partial charge on any atom is 0.246 e. The lowest BCUT2D eigenvalue weighted by atomic mass is 10.0. The number of hydrogen-bond acceptors (Lipinski definition) is 4. The summed E-state index contributed by atoms with van der Waals surface area (Å²) in [4.78, 5) is 0.167. The highest BCUT2D eigenvalue weighted by atomic mass is 32.2. The second kappa shape index (κ2) is 3.03. The van der Waals surface area contributed by atoms with Crippen molar-refractivity contribution in [3.05, 3.63) is 12.4 Å². The third-order valence-electron chi connectivity index (χ3n) is 2.35. The van der Waals surface area contributed by atoms with Gasteiger partial charge in [0.15, 0.2) is 0 Å². The molecule has 1 aromatic rings. The summed E-state index contributed by atoms with van der Waals surface area (Å²) in [7, 11) is -1.80. The Bertz CT molecular complexity index is 469. The number of sulfonamides is 1. The SMILES string of the molecule is Cn1cc(S(=O)(=O)N2CC(C)(O)C2)cn1. The predicted octanol–water partition coefficient (Wildman–Crippen LogP) is -0.825. The van der Waals surface area contributed by atoms with Gasteiger partial charge in [0, 0.05) is 26.3 Å². The molecular formula is C8H13N3O3S. The van der Waals surface area contributed by atoms with Crippen molar-refractivity contribution in [3.8, 4) is 0 Å². The van der Waals surface area contributed by atoms with Gasteiger partial charge >= 0.3 is 0 Å². The zero-order valence-corrected chi connectivity index (χ0v) is 9.40. The molecule has 1 saturated heterocycles. The second-order valence-electron chi connectivity index (χ2n) is 4.12. The van der Waals surface area contributed by atoms with E-state index in [-0.39, 0.29) is 18.0 Å². The van der Waals surface area contributed by atoms with Gasteiger partial charge in [0.2, 0.25) is 10.0 Å². The summed E-state index contributed by atoms with van der Waals surface area (Å²) in [6.45, 7) is 1.90. The van der Waals surface area contributed by atoms with Crippen LogP contribution in [-0.4, -0.2) is 46.3 Å². The molecule has 1 aliphatic rings. The standard InChI is InChI=1S/C8H13N3O3S/c1-8(12)5-11(6-8)15(13,14)7-3-9-10(2)4-7/h3-4,12H,5-6H2,1-2H3. The van der Waals surface area contributed by atoms with Crippen LogP contribution < -0.4 is 0 Å². The van der Waals surface area contributed by atoms with E-state index < -0.39 is 15.6 Å². The quantitative estimate of drug-likeness (QED) is 0.721. The molecule has 84 valence electrons. The molecule has 0 amide bonds. The molecule has 0 aromatic carbocycles. The first kappa shape index (κ1) is 10.6. The molecule has 1 N–H and O–H groups in total. The minimum atomic E-state index is -3.46. The largest absolute Gasteiger partial charge is 0.387 e. The molecular weight excluding hydrogens is 218 g/mol. The summed E-state index contributed by atoms with van der Waals surface area (Å²) in [5.41, 5.74) is -0.894. The maximum absolute atomic E-state index is 11.9. The lowest BCUT2D eigenvalue weighted by Crippen LogP contribution is -2.61. The maximum atomic E-state index is 11.9. The molecule has 0 bridgehead atoms. The van der Waals surface area contributed by atoms with Gasteiger partial charge in [-0.1, -0.05) is 0 Å². The van der Waals surface area contributed by atoms with Gasteiger partial charge in [-0.05, 0) is 6.92 Å². The molecule has 1 aromatic heterocycles. The van der Waals surface area contributed by atoms with Crippen LogP contribution in [0.4, 0.5) is 0 Å². The van der Waals surface area contributed by atoms with E-state index in [9.17, 15) is 13.5 Å². The first-order valence-corrected chi connectivity index (χ1v) is 5.96. The van der Waals surface area contributed by atoms with Crippen LogP contribution in [-0.2, 0) is 17.1 Å². The van der Waals surface area contributed by atoms with Crippen molar-refractivity contribution < 1.29 is 13.5 Å². The molecule has 1 fully saturated rings. The molecule has 2 rings (SSSR count). The topological polar surface area (TPSA) is 75.4 Å². The average Bonchev–Trinajstić information content (AvgIpc) is 2.48. The highest BCUT2D eigenvalue weighted by Crippen LogP contribution is 2.27. The zero-order valence-electron chi connectivity index (χ0n) is 8.58. The first-order valence-electron chi connectivity index (χ1n) is 4.52. The first-order chi connectivity index (χ1) is 6.81. The zero-order chi connectivity index (χ0) is 11.3. The highest BCUT2D eigenvalue weighted by molar-refractivity contribution is 7.89. The third kappa shape index (κ3) is 1.77. The van der Waals surface area contributed by atoms with Crippen LogP contribution >= 0.6 is 0 Å². The van der Waals surface area contributed by atoms with Crippen LogP contribution in [0, 0.1) is 0 Å². The molecule has 0 atom stereocenters. The van der Waals surface area contributed by atoms with Crippen LogP contribution in [0.3, 0.4) is 0 Å². The molecule has 0 spiro atoms. The summed E-state index contributed by atoms with van der Waals surface area (Å²) < 4.78 is 26.4. The molecule has 1 aliphatic heterocycles. The number of rotatable bonds is 2. The van der Waals surface area contributed by atoms with Gasteiger partial charge in [-0.25, -0.2) is 8.42 Å². The van der Waals surface area contributed by atoms with E-state index in [4.69, 9.17) is 0 Å². The predicted molar refractivity (Wildman–Crippen MR) is 52.6 cm³/mol. The summed E-state index contributed by atoms with van der Waals surface area (Å²) in [6.07, 6.45) is 2.75. The fraction of sp³-hybridized carbons (Fsp3) is 0.625. The summed E-state index contributed by atoms with van der Waals surface area (Å²) in [6, 6.07) is 0. The number of nitrogens with zero attached hydrogens (tertiary/aromatic N) is 3. The van der Waals surface area contributed by atoms with Crippen LogP contribution in [0.1, 0.15) is 6.92 Å². The van der Waals surface area contributed by atoms with E-state index in [0.29, 0.717) is 0 Å². The van der Waals surface area contributed by atoms with Crippen molar-refractivity contribution in [2.24, 2.45) is 7.05 Å². The number of hydrogen-bond donors (Lipinski definition) is 1. The van der Waals surface area contributed by atoms with E-state index in [1.807, 2.05) is 0 Å². The number of β-amino-alcohol motifs (C(OH)–C–C–N with tert-alkyl or cyclic N) is 1. The minimum Gasteiger partial charge on any atom is -0.387 e. The Morgan fingerprint density at radius 1 is 1.53 bits per heavy atom. The minimum absolute atomic E-state index is 0.143. The molecule has 7 heteroatoms. The van der Waals surface area contributed by atoms with Crippen LogP contribution in [0.25, 0.3) is 0 Å². The lowest BCUT2D eigenvalue weighted by Gasteiger charge is -2.42. The van der Waals surface area contributed by atoms with Crippen LogP contribution in [0.15, 0.2) is 17.3 Å². The fourth-order valence-electron chi connectivity index (χ4n) is 1.56. The fourth-order valence-corrected chi connectivity index (χ4v) is 3.22. The molecule has 6 nitrogen and oxygen atoms in total. The Kier molecular flexibility index (Phi) is 2.14. The number of aliphatic hydroxyl groups is 1. The van der Waals surface area contributed by atoms with Crippen molar-refractivity contribution in [2.45, 2.75) is 17.4 Å². The normalized spacial score (nSPS) is 21.3. The van der Waals surface area contributed by atoms with Crippen LogP contribution in [0.5, 0.6) is 0 Å². The van der Waals surface area contributed by atoms with Gasteiger partial charge in [-0.2, -0.15) is 9.40 Å². The number of aryl methyl sites for hydroxylation is 1. The van der Waals surface area contributed by atoms with E-state index in [0.717, 1.165) is 0 Å². The van der Waals surface area contributed by atoms with E-state index in [2.05, 4.69) is 5.10 Å². The molecule has 0 unspecified atom stereocenters. The molecule has 0 aliphatic carbocycles. The molecule has 0 radical (unpaired) electrons. The van der Waals surface area contributed by atoms with Gasteiger partial charge in [-0.3, -0.25) is 4.68 Å². The van der Waals surface area contributed by atoms with Gasteiger partial charge in [0.05, 0.1) is 11.8 Å². The molecule has 2 heterocycles. The Hall–Kier alpha value is -0.920. The van der Waals surface area contributed by atoms with Crippen molar-refractivity contribution in [2.75, 3.05) is 13.1 Å². The monoisotopic (exact) mass is 231 g/mol. The summed E-state index contributed by atoms with van der Waals surface area (Å²) in [5.74, 6) is 0. The average molecular weight is 231 g/mol. The van der Waals surface area contributed by atoms with Gasteiger partial charge in [0.25, 0.3) is 0 Å². The lowest BCUT2D eigenvalue weighted by molar-refractivity contribution is -0.0426. The molecule has 0 saturated carbocycles. The van der Waals surface area contributed by atoms with E-state index in [1.54, 1.807) is 14.0 Å². The van der Waals surface area contributed by atoms with Crippen molar-refractivity contribution in [3.63, 3.8) is 0 Å². The van der Waals surface area contributed by atoms with Crippen molar-refractivity contribution >= 4 is 10.0 Å². The summed E-state index contributed by atoms with van der Waals surface area (Å²) in [5, 5.41) is 13.3. The van der Waals surface area contributed by atoms with Crippen LogP contribution in [0.2, 0.25) is 0 Å². The Labute approximate surface area is 88.2 Å². The highest BCUT2D eigenvalue weighted by Gasteiger charge is 2.44. The smallest absolute Gasteiger partial charge is 0.246 e. The van der Waals surface area contributed by atoms with Gasteiger partial charge < -0.3 is 5.11 Å². The van der Waals surface area contributed by atoms with Gasteiger partial charge in [0.1, 0.15) is 4.90 Å². The number of aromatic nitrogens is 2. The Morgan fingerprint density at radius 2 is 2.13 bits per heavy atom. The van der Waals surface area contributed by atoms with E-state index in [1.165, 1.54) is 21.4 Å². The summed E-state index contributed by atoms with van der Waals surface area (Å²) >= 11 is 0. The van der Waals surface area contributed by atoms with Crippen molar-refractivity contribution in [1.29, 1.82) is 0 Å².